The first-order valence-corrected chi connectivity index (χ1v) is 6.43. The Morgan fingerprint density at radius 1 is 1.53 bits per heavy atom. The van der Waals surface area contributed by atoms with E-state index in [2.05, 4.69) is 22.1 Å². The predicted molar refractivity (Wildman–Crippen MR) is 73.6 cm³/mol. The number of ether oxygens (including phenoxy) is 1. The van der Waals surface area contributed by atoms with Gasteiger partial charge in [0.1, 0.15) is 5.69 Å². The normalized spacial score (nSPS) is 17.4. The third-order valence-corrected chi connectivity index (χ3v) is 3.43. The Kier molecular flexibility index (Phi) is 4.57. The van der Waals surface area contributed by atoms with E-state index in [9.17, 15) is 0 Å². The number of nitrogens with two attached hydrogens (primary N) is 1. The summed E-state index contributed by atoms with van der Waals surface area (Å²) in [5, 5.41) is 11.5. The third-order valence-electron chi connectivity index (χ3n) is 3.43. The van der Waals surface area contributed by atoms with Gasteiger partial charge in [-0.05, 0) is 30.9 Å². The molecule has 0 aromatic carbocycles. The molecule has 0 aliphatic carbocycles. The molecule has 2 heterocycles. The lowest BCUT2D eigenvalue weighted by atomic mass is 10.00. The molecule has 2 rings (SSSR count). The van der Waals surface area contributed by atoms with Gasteiger partial charge in [-0.3, -0.25) is 4.98 Å². The van der Waals surface area contributed by atoms with E-state index in [4.69, 9.17) is 15.7 Å². The van der Waals surface area contributed by atoms with Crippen molar-refractivity contribution in [1.82, 2.24) is 4.98 Å². The maximum absolute atomic E-state index is 8.58. The first kappa shape index (κ1) is 13.6. The second-order valence-corrected chi connectivity index (χ2v) is 4.82. The SMILES string of the molecule is CN(CC1CCOCC1)c1ccc(/C(N)=N/O)nc1. The molecule has 0 bridgehead atoms. The maximum Gasteiger partial charge on any atom is 0.188 e. The molecule has 104 valence electrons. The molecule has 3 N–H and O–H groups in total. The Bertz CT molecular complexity index is 427. The average molecular weight is 264 g/mol. The van der Waals surface area contributed by atoms with Gasteiger partial charge >= 0.3 is 0 Å². The lowest BCUT2D eigenvalue weighted by Crippen LogP contribution is -2.29. The first-order chi connectivity index (χ1) is 9.20. The summed E-state index contributed by atoms with van der Waals surface area (Å²) in [6.45, 7) is 2.71. The van der Waals surface area contributed by atoms with E-state index < -0.39 is 0 Å². The Balaban J connectivity index is 1.96. The van der Waals surface area contributed by atoms with Gasteiger partial charge in [0.25, 0.3) is 0 Å². The molecule has 0 unspecified atom stereocenters. The highest BCUT2D eigenvalue weighted by atomic mass is 16.5. The minimum absolute atomic E-state index is 0.0265. The summed E-state index contributed by atoms with van der Waals surface area (Å²) in [5.41, 5.74) is 6.99. The van der Waals surface area contributed by atoms with E-state index in [1.807, 2.05) is 6.07 Å². The summed E-state index contributed by atoms with van der Waals surface area (Å²) < 4.78 is 5.36. The lowest BCUT2D eigenvalue weighted by molar-refractivity contribution is 0.0685. The van der Waals surface area contributed by atoms with Gasteiger partial charge in [-0.15, -0.1) is 0 Å². The number of nitrogens with zero attached hydrogens (tertiary/aromatic N) is 3. The van der Waals surface area contributed by atoms with Crippen molar-refractivity contribution in [2.24, 2.45) is 16.8 Å². The highest BCUT2D eigenvalue weighted by molar-refractivity contribution is 5.95. The van der Waals surface area contributed by atoms with Crippen LogP contribution in [0.1, 0.15) is 18.5 Å². The monoisotopic (exact) mass is 264 g/mol. The number of pyridine rings is 1. The van der Waals surface area contributed by atoms with E-state index in [1.165, 1.54) is 0 Å². The van der Waals surface area contributed by atoms with Gasteiger partial charge in [-0.25, -0.2) is 0 Å². The second-order valence-electron chi connectivity index (χ2n) is 4.82. The highest BCUT2D eigenvalue weighted by Gasteiger charge is 2.16. The molecule has 1 saturated heterocycles. The molecule has 19 heavy (non-hydrogen) atoms. The minimum atomic E-state index is 0.0265. The fourth-order valence-corrected chi connectivity index (χ4v) is 2.24. The predicted octanol–water partition coefficient (Wildman–Crippen LogP) is 1.04. The molecular weight excluding hydrogens is 244 g/mol. The second kappa shape index (κ2) is 6.38. The van der Waals surface area contributed by atoms with Crippen LogP contribution in [0.5, 0.6) is 0 Å². The van der Waals surface area contributed by atoms with Crippen molar-refractivity contribution in [3.63, 3.8) is 0 Å². The van der Waals surface area contributed by atoms with E-state index in [0.29, 0.717) is 11.6 Å². The summed E-state index contributed by atoms with van der Waals surface area (Å²) in [7, 11) is 2.05. The molecule has 6 nitrogen and oxygen atoms in total. The van der Waals surface area contributed by atoms with Gasteiger partial charge in [0.05, 0.1) is 11.9 Å². The van der Waals surface area contributed by atoms with Crippen LogP contribution in [0, 0.1) is 5.92 Å². The molecule has 1 aliphatic heterocycles. The van der Waals surface area contributed by atoms with E-state index in [-0.39, 0.29) is 5.84 Å². The molecular formula is C13H20N4O2. The third kappa shape index (κ3) is 3.57. The topological polar surface area (TPSA) is 84.0 Å². The summed E-state index contributed by atoms with van der Waals surface area (Å²) in [4.78, 5) is 6.36. The Labute approximate surface area is 112 Å². The van der Waals surface area contributed by atoms with Crippen LogP contribution in [0.25, 0.3) is 0 Å². The van der Waals surface area contributed by atoms with Gasteiger partial charge < -0.3 is 20.6 Å². The van der Waals surface area contributed by atoms with Crippen LogP contribution in [0.3, 0.4) is 0 Å². The summed E-state index contributed by atoms with van der Waals surface area (Å²) in [5.74, 6) is 0.695. The summed E-state index contributed by atoms with van der Waals surface area (Å²) in [6, 6.07) is 3.69. The zero-order valence-electron chi connectivity index (χ0n) is 11.1. The number of hydrogen-bond acceptors (Lipinski definition) is 5. The molecule has 0 spiro atoms. The van der Waals surface area contributed by atoms with Crippen LogP contribution in [0.2, 0.25) is 0 Å². The molecule has 0 saturated carbocycles. The van der Waals surface area contributed by atoms with E-state index in [1.54, 1.807) is 12.3 Å². The molecule has 1 fully saturated rings. The average Bonchev–Trinajstić information content (AvgIpc) is 2.47. The van der Waals surface area contributed by atoms with Gasteiger partial charge in [0, 0.05) is 26.8 Å². The maximum atomic E-state index is 8.58. The molecule has 1 aromatic heterocycles. The van der Waals surface area contributed by atoms with Gasteiger partial charge in [0.2, 0.25) is 0 Å². The largest absolute Gasteiger partial charge is 0.409 e. The number of anilines is 1. The molecule has 0 radical (unpaired) electrons. The number of rotatable bonds is 4. The van der Waals surface area contributed by atoms with E-state index in [0.717, 1.165) is 38.3 Å². The molecule has 0 amide bonds. The standard InChI is InChI=1S/C13H20N4O2/c1-17(9-10-4-6-19-7-5-10)11-2-3-12(15-8-11)13(14)16-18/h2-3,8,10,18H,4-7,9H2,1H3,(H2,14,16). The van der Waals surface area contributed by atoms with Gasteiger partial charge in [-0.1, -0.05) is 5.16 Å². The molecule has 0 atom stereocenters. The van der Waals surface area contributed by atoms with Crippen LogP contribution in [0.4, 0.5) is 5.69 Å². The van der Waals surface area contributed by atoms with Crippen molar-refractivity contribution >= 4 is 11.5 Å². The Hall–Kier alpha value is -1.82. The Morgan fingerprint density at radius 3 is 2.84 bits per heavy atom. The van der Waals surface area contributed by atoms with Crippen LogP contribution >= 0.6 is 0 Å². The quantitative estimate of drug-likeness (QED) is 0.367. The zero-order valence-corrected chi connectivity index (χ0v) is 11.1. The fraction of sp³-hybridized carbons (Fsp3) is 0.538. The van der Waals surface area contributed by atoms with Crippen LogP contribution < -0.4 is 10.6 Å². The number of oxime groups is 1. The van der Waals surface area contributed by atoms with Crippen molar-refractivity contribution in [2.45, 2.75) is 12.8 Å². The van der Waals surface area contributed by atoms with Crippen LogP contribution in [-0.4, -0.2) is 42.8 Å². The smallest absolute Gasteiger partial charge is 0.188 e. The molecule has 1 aliphatic rings. The van der Waals surface area contributed by atoms with Crippen molar-refractivity contribution in [3.8, 4) is 0 Å². The summed E-state index contributed by atoms with van der Waals surface area (Å²) >= 11 is 0. The van der Waals surface area contributed by atoms with Crippen molar-refractivity contribution in [1.29, 1.82) is 0 Å². The van der Waals surface area contributed by atoms with Crippen LogP contribution in [0.15, 0.2) is 23.5 Å². The van der Waals surface area contributed by atoms with E-state index >= 15 is 0 Å². The molecule has 1 aromatic rings. The fourth-order valence-electron chi connectivity index (χ4n) is 2.24. The summed E-state index contributed by atoms with van der Waals surface area (Å²) in [6.07, 6.45) is 3.96. The number of aromatic nitrogens is 1. The lowest BCUT2D eigenvalue weighted by Gasteiger charge is -2.28. The number of hydrogen-bond donors (Lipinski definition) is 2. The van der Waals surface area contributed by atoms with Crippen LogP contribution in [-0.2, 0) is 4.74 Å². The Morgan fingerprint density at radius 2 is 2.26 bits per heavy atom. The van der Waals surface area contributed by atoms with Crippen molar-refractivity contribution < 1.29 is 9.94 Å². The van der Waals surface area contributed by atoms with Gasteiger partial charge in [-0.2, -0.15) is 0 Å². The minimum Gasteiger partial charge on any atom is -0.409 e. The number of amidine groups is 1. The first-order valence-electron chi connectivity index (χ1n) is 6.43. The zero-order chi connectivity index (χ0) is 13.7. The van der Waals surface area contributed by atoms with Crippen molar-refractivity contribution in [3.05, 3.63) is 24.0 Å². The van der Waals surface area contributed by atoms with Crippen molar-refractivity contribution in [2.75, 3.05) is 31.7 Å². The van der Waals surface area contributed by atoms with Gasteiger partial charge in [0.15, 0.2) is 5.84 Å². The highest BCUT2D eigenvalue weighted by Crippen LogP contribution is 2.19. The molecule has 6 heteroatoms.